The normalized spacial score (nSPS) is 12.5. The highest BCUT2D eigenvalue weighted by Crippen LogP contribution is 2.16. The minimum absolute atomic E-state index is 0.306. The first-order valence-corrected chi connectivity index (χ1v) is 5.04. The van der Waals surface area contributed by atoms with Gasteiger partial charge in [0.15, 0.2) is 0 Å². The molecule has 1 aromatic rings. The molecule has 0 heterocycles. The van der Waals surface area contributed by atoms with Gasteiger partial charge in [-0.25, -0.2) is 4.39 Å². The van der Waals surface area contributed by atoms with Crippen LogP contribution in [0.5, 0.6) is 0 Å². The first kappa shape index (κ1) is 11.7. The molecule has 0 radical (unpaired) electrons. The van der Waals surface area contributed by atoms with Gasteiger partial charge in [-0.3, -0.25) is 4.79 Å². The first-order chi connectivity index (χ1) is 7.04. The molecule has 82 valence electrons. The molecule has 3 heteroatoms. The average Bonchev–Trinajstić information content (AvgIpc) is 2.18. The third-order valence-electron chi connectivity index (χ3n) is 2.50. The second kappa shape index (κ2) is 4.91. The maximum atomic E-state index is 13.0. The predicted molar refractivity (Wildman–Crippen MR) is 56.3 cm³/mol. The number of benzene rings is 1. The van der Waals surface area contributed by atoms with E-state index in [4.69, 9.17) is 5.11 Å². The number of carbonyl (C=O) groups is 1. The highest BCUT2D eigenvalue weighted by Gasteiger charge is 2.13. The van der Waals surface area contributed by atoms with Gasteiger partial charge in [0, 0.05) is 0 Å². The van der Waals surface area contributed by atoms with Gasteiger partial charge in [-0.2, -0.15) is 0 Å². The van der Waals surface area contributed by atoms with Crippen LogP contribution < -0.4 is 0 Å². The maximum Gasteiger partial charge on any atom is 0.306 e. The van der Waals surface area contributed by atoms with Crippen molar-refractivity contribution in [1.82, 2.24) is 0 Å². The SMILES string of the molecule is CCc1ccc(F)cc1CC(C)C(=O)O. The van der Waals surface area contributed by atoms with E-state index in [1.807, 2.05) is 6.92 Å². The van der Waals surface area contributed by atoms with E-state index in [1.165, 1.54) is 12.1 Å². The zero-order valence-corrected chi connectivity index (χ0v) is 8.96. The van der Waals surface area contributed by atoms with Gasteiger partial charge in [0.25, 0.3) is 0 Å². The van der Waals surface area contributed by atoms with Gasteiger partial charge in [-0.1, -0.05) is 19.9 Å². The van der Waals surface area contributed by atoms with Gasteiger partial charge in [0.1, 0.15) is 5.82 Å². The van der Waals surface area contributed by atoms with E-state index in [0.717, 1.165) is 17.5 Å². The molecule has 0 fully saturated rings. The number of carboxylic acid groups (broad SMARTS) is 1. The minimum Gasteiger partial charge on any atom is -0.481 e. The summed E-state index contributed by atoms with van der Waals surface area (Å²) in [6.45, 7) is 3.61. The second-order valence-electron chi connectivity index (χ2n) is 3.71. The van der Waals surface area contributed by atoms with Crippen LogP contribution in [0.1, 0.15) is 25.0 Å². The van der Waals surface area contributed by atoms with E-state index >= 15 is 0 Å². The van der Waals surface area contributed by atoms with Crippen molar-refractivity contribution in [3.05, 3.63) is 35.1 Å². The summed E-state index contributed by atoms with van der Waals surface area (Å²) < 4.78 is 13.0. The van der Waals surface area contributed by atoms with Crippen LogP contribution in [0.4, 0.5) is 4.39 Å². The fraction of sp³-hybridized carbons (Fsp3) is 0.417. The second-order valence-corrected chi connectivity index (χ2v) is 3.71. The van der Waals surface area contributed by atoms with E-state index in [0.29, 0.717) is 6.42 Å². The zero-order valence-electron chi connectivity index (χ0n) is 8.96. The molecule has 0 saturated carbocycles. The quantitative estimate of drug-likeness (QED) is 0.829. The summed E-state index contributed by atoms with van der Waals surface area (Å²) in [6.07, 6.45) is 1.18. The molecule has 0 amide bonds. The summed E-state index contributed by atoms with van der Waals surface area (Å²) in [6, 6.07) is 4.56. The molecule has 0 saturated heterocycles. The Balaban J connectivity index is 2.91. The van der Waals surface area contributed by atoms with E-state index in [2.05, 4.69) is 0 Å². The lowest BCUT2D eigenvalue weighted by Crippen LogP contribution is -2.13. The number of aryl methyl sites for hydroxylation is 1. The average molecular weight is 210 g/mol. The summed E-state index contributed by atoms with van der Waals surface area (Å²) >= 11 is 0. The van der Waals surface area contributed by atoms with E-state index in [-0.39, 0.29) is 5.82 Å². The Bertz CT molecular complexity index is 361. The molecule has 1 N–H and O–H groups in total. The Hall–Kier alpha value is -1.38. The highest BCUT2D eigenvalue weighted by molar-refractivity contribution is 5.70. The fourth-order valence-corrected chi connectivity index (χ4v) is 1.55. The van der Waals surface area contributed by atoms with Crippen LogP contribution in [0.3, 0.4) is 0 Å². The first-order valence-electron chi connectivity index (χ1n) is 5.04. The maximum absolute atomic E-state index is 13.0. The Labute approximate surface area is 88.7 Å². The monoisotopic (exact) mass is 210 g/mol. The number of hydrogen-bond acceptors (Lipinski definition) is 1. The van der Waals surface area contributed by atoms with Crippen LogP contribution in [0.2, 0.25) is 0 Å². The van der Waals surface area contributed by atoms with Gasteiger partial charge in [0.2, 0.25) is 0 Å². The Morgan fingerprint density at radius 1 is 1.47 bits per heavy atom. The fourth-order valence-electron chi connectivity index (χ4n) is 1.55. The predicted octanol–water partition coefficient (Wildman–Crippen LogP) is 2.65. The van der Waals surface area contributed by atoms with Crippen molar-refractivity contribution in [1.29, 1.82) is 0 Å². The molecule has 1 unspecified atom stereocenters. The van der Waals surface area contributed by atoms with Crippen molar-refractivity contribution in [3.8, 4) is 0 Å². The number of hydrogen-bond donors (Lipinski definition) is 1. The third-order valence-corrected chi connectivity index (χ3v) is 2.50. The van der Waals surface area contributed by atoms with Gasteiger partial charge in [-0.05, 0) is 36.1 Å². The van der Waals surface area contributed by atoms with Crippen molar-refractivity contribution in [2.24, 2.45) is 5.92 Å². The Kier molecular flexibility index (Phi) is 3.83. The van der Waals surface area contributed by atoms with Crippen LogP contribution in [-0.2, 0) is 17.6 Å². The number of rotatable bonds is 4. The van der Waals surface area contributed by atoms with Crippen molar-refractivity contribution in [2.75, 3.05) is 0 Å². The lowest BCUT2D eigenvalue weighted by Gasteiger charge is -2.10. The molecular formula is C12H15FO2. The molecule has 1 rings (SSSR count). The highest BCUT2D eigenvalue weighted by atomic mass is 19.1. The number of aliphatic carboxylic acids is 1. The summed E-state index contributed by atoms with van der Waals surface area (Å²) in [7, 11) is 0. The van der Waals surface area contributed by atoms with Crippen LogP contribution >= 0.6 is 0 Å². The van der Waals surface area contributed by atoms with Gasteiger partial charge < -0.3 is 5.11 Å². The Morgan fingerprint density at radius 3 is 2.67 bits per heavy atom. The standard InChI is InChI=1S/C12H15FO2/c1-3-9-4-5-11(13)7-10(9)6-8(2)12(14)15/h4-5,7-8H,3,6H2,1-2H3,(H,14,15). The minimum atomic E-state index is -0.846. The largest absolute Gasteiger partial charge is 0.481 e. The third kappa shape index (κ3) is 3.05. The molecule has 1 aromatic carbocycles. The summed E-state index contributed by atoms with van der Waals surface area (Å²) in [5, 5.41) is 8.78. The molecule has 2 nitrogen and oxygen atoms in total. The van der Waals surface area contributed by atoms with Gasteiger partial charge in [0.05, 0.1) is 5.92 Å². The number of carboxylic acids is 1. The van der Waals surface area contributed by atoms with E-state index in [9.17, 15) is 9.18 Å². The lowest BCUT2D eigenvalue weighted by atomic mass is 9.95. The van der Waals surface area contributed by atoms with Crippen molar-refractivity contribution < 1.29 is 14.3 Å². The summed E-state index contributed by atoms with van der Waals surface area (Å²) in [5.41, 5.74) is 1.82. The van der Waals surface area contributed by atoms with Crippen molar-refractivity contribution >= 4 is 5.97 Å². The van der Waals surface area contributed by atoms with Crippen LogP contribution in [0, 0.1) is 11.7 Å². The van der Waals surface area contributed by atoms with Crippen LogP contribution in [0.25, 0.3) is 0 Å². The van der Waals surface area contributed by atoms with Crippen molar-refractivity contribution in [2.45, 2.75) is 26.7 Å². The van der Waals surface area contributed by atoms with Crippen molar-refractivity contribution in [3.63, 3.8) is 0 Å². The van der Waals surface area contributed by atoms with Crippen LogP contribution in [0.15, 0.2) is 18.2 Å². The topological polar surface area (TPSA) is 37.3 Å². The Morgan fingerprint density at radius 2 is 2.13 bits per heavy atom. The molecule has 1 atom stereocenters. The van der Waals surface area contributed by atoms with E-state index < -0.39 is 11.9 Å². The zero-order chi connectivity index (χ0) is 11.4. The summed E-state index contributed by atoms with van der Waals surface area (Å²) in [5.74, 6) is -1.63. The molecule has 0 aromatic heterocycles. The van der Waals surface area contributed by atoms with Gasteiger partial charge >= 0.3 is 5.97 Å². The molecule has 0 spiro atoms. The molecule has 0 aliphatic heterocycles. The molecular weight excluding hydrogens is 195 g/mol. The molecule has 0 aliphatic carbocycles. The number of halogens is 1. The smallest absolute Gasteiger partial charge is 0.306 e. The molecule has 15 heavy (non-hydrogen) atoms. The van der Waals surface area contributed by atoms with Gasteiger partial charge in [-0.15, -0.1) is 0 Å². The van der Waals surface area contributed by atoms with Crippen LogP contribution in [-0.4, -0.2) is 11.1 Å². The van der Waals surface area contributed by atoms with E-state index in [1.54, 1.807) is 13.0 Å². The summed E-state index contributed by atoms with van der Waals surface area (Å²) in [4.78, 5) is 10.7. The molecule has 0 aliphatic rings. The lowest BCUT2D eigenvalue weighted by molar-refractivity contribution is -0.141. The molecule has 0 bridgehead atoms.